The van der Waals surface area contributed by atoms with Crippen LogP contribution in [0.3, 0.4) is 0 Å². The monoisotopic (exact) mass is 409 g/mol. The number of carbonyl (C=O) groups is 2. The Bertz CT molecular complexity index is 743. The molecule has 0 bridgehead atoms. The van der Waals surface area contributed by atoms with Crippen LogP contribution in [0, 0.1) is 17.2 Å². The maximum Gasteiger partial charge on any atom is 0.251 e. The van der Waals surface area contributed by atoms with E-state index in [1.807, 2.05) is 27.7 Å². The molecule has 154 valence electrons. The molecule has 1 unspecified atom stereocenters. The molecule has 2 amide bonds. The highest BCUT2D eigenvalue weighted by Crippen LogP contribution is 2.52. The Kier molecular flexibility index (Phi) is 5.74. The highest BCUT2D eigenvalue weighted by molar-refractivity contribution is 6.31. The van der Waals surface area contributed by atoms with Crippen LogP contribution >= 0.6 is 11.6 Å². The summed E-state index contributed by atoms with van der Waals surface area (Å²) < 4.78 is 13.4. The van der Waals surface area contributed by atoms with Crippen LogP contribution in [0.15, 0.2) is 18.2 Å². The average Bonchev–Trinajstić information content (AvgIpc) is 2.48. The molecule has 1 aromatic carbocycles. The molecule has 2 aliphatic rings. The largest absolute Gasteiger partial charge is 0.352 e. The first-order valence-electron chi connectivity index (χ1n) is 9.77. The molecule has 0 aromatic heterocycles. The van der Waals surface area contributed by atoms with Gasteiger partial charge in [-0.05, 0) is 70.1 Å². The van der Waals surface area contributed by atoms with E-state index in [0.717, 1.165) is 25.9 Å². The highest BCUT2D eigenvalue weighted by Gasteiger charge is 2.53. The van der Waals surface area contributed by atoms with Gasteiger partial charge in [0.05, 0.1) is 6.04 Å². The zero-order chi connectivity index (χ0) is 20.7. The molecular formula is C21H29ClFN3O2. The Morgan fingerprint density at radius 3 is 2.50 bits per heavy atom. The van der Waals surface area contributed by atoms with Gasteiger partial charge in [-0.15, -0.1) is 0 Å². The van der Waals surface area contributed by atoms with E-state index in [9.17, 15) is 14.0 Å². The van der Waals surface area contributed by atoms with Gasteiger partial charge in [-0.25, -0.2) is 4.39 Å². The molecule has 1 aromatic rings. The number of carbonyl (C=O) groups excluding carboxylic acids is 2. The molecule has 3 rings (SSSR count). The summed E-state index contributed by atoms with van der Waals surface area (Å²) in [7, 11) is 0. The Hall–Kier alpha value is -1.66. The van der Waals surface area contributed by atoms with Gasteiger partial charge in [0.25, 0.3) is 5.91 Å². The molecule has 5 nitrogen and oxygen atoms in total. The van der Waals surface area contributed by atoms with Crippen LogP contribution in [0.25, 0.3) is 0 Å². The zero-order valence-electron chi connectivity index (χ0n) is 16.9. The van der Waals surface area contributed by atoms with Crippen LogP contribution in [-0.4, -0.2) is 47.9 Å². The fourth-order valence-electron chi connectivity index (χ4n) is 4.32. The first kappa shape index (κ1) is 21.1. The second-order valence-corrected chi connectivity index (χ2v) is 9.90. The number of likely N-dealkylation sites (tertiary alicyclic amines) is 1. The van der Waals surface area contributed by atoms with Gasteiger partial charge < -0.3 is 10.6 Å². The quantitative estimate of drug-likeness (QED) is 0.784. The van der Waals surface area contributed by atoms with Gasteiger partial charge in [-0.3, -0.25) is 14.5 Å². The summed E-state index contributed by atoms with van der Waals surface area (Å²) in [6, 6.07) is 3.72. The van der Waals surface area contributed by atoms with Crippen LogP contribution in [0.1, 0.15) is 50.9 Å². The van der Waals surface area contributed by atoms with Crippen LogP contribution in [-0.2, 0) is 4.79 Å². The Labute approximate surface area is 171 Å². The summed E-state index contributed by atoms with van der Waals surface area (Å²) >= 11 is 5.80. The lowest BCUT2D eigenvalue weighted by atomic mass is 9.57. The fraction of sp³-hybridized carbons (Fsp3) is 0.619. The van der Waals surface area contributed by atoms with Gasteiger partial charge in [-0.2, -0.15) is 0 Å². The predicted molar refractivity (Wildman–Crippen MR) is 108 cm³/mol. The van der Waals surface area contributed by atoms with E-state index in [2.05, 4.69) is 15.5 Å². The lowest BCUT2D eigenvalue weighted by molar-refractivity contribution is -0.143. The van der Waals surface area contributed by atoms with Crippen molar-refractivity contribution in [2.45, 2.75) is 52.1 Å². The van der Waals surface area contributed by atoms with Crippen LogP contribution in [0.5, 0.6) is 0 Å². The van der Waals surface area contributed by atoms with Crippen LogP contribution < -0.4 is 10.6 Å². The molecule has 1 heterocycles. The van der Waals surface area contributed by atoms with E-state index in [0.29, 0.717) is 12.5 Å². The van der Waals surface area contributed by atoms with E-state index < -0.39 is 5.82 Å². The maximum absolute atomic E-state index is 13.4. The maximum atomic E-state index is 13.4. The normalized spacial score (nSPS) is 20.2. The van der Waals surface area contributed by atoms with Gasteiger partial charge in [0, 0.05) is 35.8 Å². The van der Waals surface area contributed by atoms with Crippen molar-refractivity contribution in [2.75, 3.05) is 19.6 Å². The topological polar surface area (TPSA) is 61.4 Å². The Morgan fingerprint density at radius 1 is 1.29 bits per heavy atom. The summed E-state index contributed by atoms with van der Waals surface area (Å²) in [5.74, 6) is -0.322. The van der Waals surface area contributed by atoms with Crippen molar-refractivity contribution in [3.05, 3.63) is 34.6 Å². The van der Waals surface area contributed by atoms with E-state index in [4.69, 9.17) is 11.6 Å². The minimum absolute atomic E-state index is 0.0687. The zero-order valence-corrected chi connectivity index (χ0v) is 17.7. The van der Waals surface area contributed by atoms with Crippen molar-refractivity contribution in [3.8, 4) is 0 Å². The molecule has 1 spiro atoms. The average molecular weight is 410 g/mol. The number of amides is 2. The summed E-state index contributed by atoms with van der Waals surface area (Å²) in [4.78, 5) is 26.7. The second kappa shape index (κ2) is 7.64. The number of hydrogen-bond donors (Lipinski definition) is 2. The molecule has 7 heteroatoms. The molecule has 1 saturated heterocycles. The van der Waals surface area contributed by atoms with Crippen molar-refractivity contribution in [1.29, 1.82) is 0 Å². The van der Waals surface area contributed by atoms with E-state index in [1.54, 1.807) is 0 Å². The van der Waals surface area contributed by atoms with Gasteiger partial charge >= 0.3 is 0 Å². The summed E-state index contributed by atoms with van der Waals surface area (Å²) in [5, 5.41) is 6.12. The van der Waals surface area contributed by atoms with Crippen LogP contribution in [0.4, 0.5) is 4.39 Å². The minimum Gasteiger partial charge on any atom is -0.352 e. The summed E-state index contributed by atoms with van der Waals surface area (Å²) in [5.41, 5.74) is 0.306. The number of benzene rings is 1. The van der Waals surface area contributed by atoms with Crippen molar-refractivity contribution in [2.24, 2.45) is 11.3 Å². The lowest BCUT2D eigenvalue weighted by Crippen LogP contribution is -2.67. The van der Waals surface area contributed by atoms with Crippen molar-refractivity contribution in [3.63, 3.8) is 0 Å². The second-order valence-electron chi connectivity index (χ2n) is 9.46. The van der Waals surface area contributed by atoms with Crippen LogP contribution in [0.2, 0.25) is 5.02 Å². The van der Waals surface area contributed by atoms with Gasteiger partial charge in [-0.1, -0.05) is 11.6 Å². The molecule has 1 aliphatic carbocycles. The summed E-state index contributed by atoms with van der Waals surface area (Å²) in [6.07, 6.45) is 2.09. The Morgan fingerprint density at radius 2 is 1.93 bits per heavy atom. The smallest absolute Gasteiger partial charge is 0.251 e. The van der Waals surface area contributed by atoms with Gasteiger partial charge in [0.2, 0.25) is 5.91 Å². The van der Waals surface area contributed by atoms with E-state index in [-0.39, 0.29) is 39.4 Å². The highest BCUT2D eigenvalue weighted by atomic mass is 35.5. The summed E-state index contributed by atoms with van der Waals surface area (Å²) in [6.45, 7) is 10.3. The van der Waals surface area contributed by atoms with Crippen molar-refractivity contribution < 1.29 is 14.0 Å². The molecule has 1 saturated carbocycles. The van der Waals surface area contributed by atoms with Gasteiger partial charge in [0.1, 0.15) is 5.82 Å². The third-order valence-electron chi connectivity index (χ3n) is 5.62. The lowest BCUT2D eigenvalue weighted by Gasteiger charge is -2.60. The third-order valence-corrected chi connectivity index (χ3v) is 5.84. The molecule has 2 N–H and O–H groups in total. The van der Waals surface area contributed by atoms with E-state index >= 15 is 0 Å². The van der Waals surface area contributed by atoms with Gasteiger partial charge in [0.15, 0.2) is 0 Å². The SMILES string of the molecule is CC(C(=O)NC(C)(C)C)N1CC2(CC(CNC(=O)c3cc(F)cc(Cl)c3)C2)C1. The number of nitrogens with one attached hydrogen (secondary N) is 2. The molecule has 0 radical (unpaired) electrons. The molecule has 1 atom stereocenters. The third kappa shape index (κ3) is 4.84. The number of hydrogen-bond acceptors (Lipinski definition) is 3. The molecule has 1 aliphatic heterocycles. The molecule has 2 fully saturated rings. The standard InChI is InChI=1S/C21H29ClFN3O2/c1-13(18(27)25-20(2,3)4)26-11-21(12-26)8-14(9-21)10-24-19(28)15-5-16(22)7-17(23)6-15/h5-7,13-14H,8-12H2,1-4H3,(H,24,28)(H,25,27). The molecular weight excluding hydrogens is 381 g/mol. The number of nitrogens with zero attached hydrogens (tertiary/aromatic N) is 1. The first-order chi connectivity index (χ1) is 13.0. The Balaban J connectivity index is 1.40. The van der Waals surface area contributed by atoms with Crippen molar-refractivity contribution >= 4 is 23.4 Å². The minimum atomic E-state index is -0.514. The van der Waals surface area contributed by atoms with Crippen molar-refractivity contribution in [1.82, 2.24) is 15.5 Å². The number of rotatable bonds is 5. The molecule has 28 heavy (non-hydrogen) atoms. The first-order valence-corrected chi connectivity index (χ1v) is 10.1. The number of halogens is 2. The van der Waals surface area contributed by atoms with E-state index in [1.165, 1.54) is 18.2 Å². The predicted octanol–water partition coefficient (Wildman–Crippen LogP) is 3.22. The fourth-order valence-corrected chi connectivity index (χ4v) is 4.54.